The zero-order valence-corrected chi connectivity index (χ0v) is 23.7. The van der Waals surface area contributed by atoms with E-state index in [1.54, 1.807) is 38.6 Å². The van der Waals surface area contributed by atoms with E-state index in [0.717, 1.165) is 20.8 Å². The summed E-state index contributed by atoms with van der Waals surface area (Å²) in [5.41, 5.74) is 2.13. The van der Waals surface area contributed by atoms with Crippen molar-refractivity contribution in [1.82, 2.24) is 9.66 Å². The molecule has 0 aliphatic carbocycles. The summed E-state index contributed by atoms with van der Waals surface area (Å²) >= 11 is 3.44. The molecule has 0 fully saturated rings. The summed E-state index contributed by atoms with van der Waals surface area (Å²) in [5, 5.41) is 7.30. The van der Waals surface area contributed by atoms with Crippen LogP contribution >= 0.6 is 15.9 Å². The Labute approximate surface area is 234 Å². The maximum Gasteiger partial charge on any atom is 0.282 e. The van der Waals surface area contributed by atoms with Crippen molar-refractivity contribution in [2.45, 2.75) is 26.4 Å². The number of rotatable bonds is 8. The van der Waals surface area contributed by atoms with Crippen molar-refractivity contribution in [3.05, 3.63) is 105 Å². The molecule has 1 aromatic heterocycles. The Hall–Kier alpha value is -4.17. The molecular formula is C31H28BrN3O4. The zero-order valence-electron chi connectivity index (χ0n) is 22.1. The van der Waals surface area contributed by atoms with Crippen LogP contribution in [0.3, 0.4) is 0 Å². The molecule has 8 heteroatoms. The van der Waals surface area contributed by atoms with E-state index in [0.29, 0.717) is 46.1 Å². The highest BCUT2D eigenvalue weighted by Gasteiger charge is 2.16. The van der Waals surface area contributed by atoms with E-state index in [-0.39, 0.29) is 11.5 Å². The number of nitrogens with zero attached hydrogens (tertiary/aromatic N) is 3. The smallest absolute Gasteiger partial charge is 0.282 e. The van der Waals surface area contributed by atoms with Gasteiger partial charge < -0.3 is 14.2 Å². The number of hydrogen-bond donors (Lipinski definition) is 0. The van der Waals surface area contributed by atoms with E-state index in [1.165, 1.54) is 4.68 Å². The van der Waals surface area contributed by atoms with Crippen LogP contribution in [0.5, 0.6) is 17.2 Å². The lowest BCUT2D eigenvalue weighted by Gasteiger charge is -2.16. The number of halogens is 1. The third-order valence-corrected chi connectivity index (χ3v) is 6.90. The van der Waals surface area contributed by atoms with Gasteiger partial charge in [0.05, 0.1) is 31.3 Å². The molecule has 0 aliphatic rings. The Morgan fingerprint density at radius 3 is 2.38 bits per heavy atom. The summed E-state index contributed by atoms with van der Waals surface area (Å²) in [6.45, 7) is 4.30. The van der Waals surface area contributed by atoms with Crippen LogP contribution in [0.25, 0.3) is 21.7 Å². The summed E-state index contributed by atoms with van der Waals surface area (Å²) < 4.78 is 19.7. The molecule has 0 unspecified atom stereocenters. The fraction of sp³-hybridized carbons (Fsp3) is 0.194. The Morgan fingerprint density at radius 2 is 1.67 bits per heavy atom. The molecule has 0 saturated carbocycles. The molecule has 0 bridgehead atoms. The van der Waals surface area contributed by atoms with Gasteiger partial charge in [-0.25, -0.2) is 4.98 Å². The second-order valence-corrected chi connectivity index (χ2v) is 10.2. The van der Waals surface area contributed by atoms with Crippen molar-refractivity contribution in [3.8, 4) is 17.2 Å². The number of hydrogen-bond acceptors (Lipinski definition) is 6. The molecule has 0 N–H and O–H groups in total. The molecule has 0 spiro atoms. The molecule has 5 aromatic rings. The van der Waals surface area contributed by atoms with Crippen LogP contribution in [0.15, 0.2) is 87.2 Å². The van der Waals surface area contributed by atoms with Gasteiger partial charge in [0, 0.05) is 16.0 Å². The highest BCUT2D eigenvalue weighted by Crippen LogP contribution is 2.39. The Kier molecular flexibility index (Phi) is 7.65. The predicted octanol–water partition coefficient (Wildman–Crippen LogP) is 6.91. The van der Waals surface area contributed by atoms with Gasteiger partial charge in [0.15, 0.2) is 11.5 Å². The van der Waals surface area contributed by atoms with E-state index < -0.39 is 0 Å². The van der Waals surface area contributed by atoms with Gasteiger partial charge in [-0.1, -0.05) is 72.2 Å². The van der Waals surface area contributed by atoms with Crippen LogP contribution in [0.2, 0.25) is 0 Å². The first-order chi connectivity index (χ1) is 18.9. The van der Waals surface area contributed by atoms with Crippen LogP contribution in [-0.4, -0.2) is 30.1 Å². The molecule has 0 amide bonds. The van der Waals surface area contributed by atoms with Crippen molar-refractivity contribution in [2.24, 2.45) is 5.10 Å². The minimum absolute atomic E-state index is 0.0168. The van der Waals surface area contributed by atoms with Crippen molar-refractivity contribution < 1.29 is 14.2 Å². The van der Waals surface area contributed by atoms with Crippen molar-refractivity contribution in [3.63, 3.8) is 0 Å². The van der Waals surface area contributed by atoms with Crippen LogP contribution in [0, 0.1) is 0 Å². The van der Waals surface area contributed by atoms with Crippen molar-refractivity contribution in [2.75, 3.05) is 14.2 Å². The molecule has 39 heavy (non-hydrogen) atoms. The number of aromatic nitrogens is 2. The maximum atomic E-state index is 13.4. The van der Waals surface area contributed by atoms with E-state index in [4.69, 9.17) is 19.2 Å². The van der Waals surface area contributed by atoms with Gasteiger partial charge >= 0.3 is 0 Å². The van der Waals surface area contributed by atoms with Gasteiger partial charge in [-0.15, -0.1) is 0 Å². The minimum Gasteiger partial charge on any atom is -0.493 e. The zero-order chi connectivity index (χ0) is 27.5. The summed E-state index contributed by atoms with van der Waals surface area (Å²) in [6.07, 6.45) is 1.60. The highest BCUT2D eigenvalue weighted by molar-refractivity contribution is 9.10. The lowest BCUT2D eigenvalue weighted by Crippen LogP contribution is -2.23. The van der Waals surface area contributed by atoms with E-state index >= 15 is 0 Å². The standard InChI is InChI=1S/C31H28BrN3O4/c1-19(2)30-34-26-13-12-23(32)16-25(26)31(36)35(30)33-17-20-14-27(37-3)29(28(15-20)38-4)39-18-22-10-7-9-21-8-5-6-11-24(21)22/h5-17,19H,18H2,1-4H3. The van der Waals surface area contributed by atoms with Crippen LogP contribution < -0.4 is 19.8 Å². The summed E-state index contributed by atoms with van der Waals surface area (Å²) in [4.78, 5) is 18.1. The number of methoxy groups -OCH3 is 2. The number of fused-ring (bicyclic) bond motifs is 2. The van der Waals surface area contributed by atoms with E-state index in [2.05, 4.69) is 39.2 Å². The highest BCUT2D eigenvalue weighted by atomic mass is 79.9. The van der Waals surface area contributed by atoms with Gasteiger partial charge in [0.1, 0.15) is 12.4 Å². The lowest BCUT2D eigenvalue weighted by atomic mass is 10.1. The first-order valence-electron chi connectivity index (χ1n) is 12.5. The van der Waals surface area contributed by atoms with Gasteiger partial charge in [-0.3, -0.25) is 4.79 Å². The summed E-state index contributed by atoms with van der Waals surface area (Å²) in [6, 6.07) is 23.4. The SMILES string of the molecule is COc1cc(C=Nn2c(C(C)C)nc3ccc(Br)cc3c2=O)cc(OC)c1OCc1cccc2ccccc12. The molecule has 1 heterocycles. The third-order valence-electron chi connectivity index (χ3n) is 6.41. The summed E-state index contributed by atoms with van der Waals surface area (Å²) in [7, 11) is 3.15. The second kappa shape index (κ2) is 11.3. The molecule has 4 aromatic carbocycles. The lowest BCUT2D eigenvalue weighted by molar-refractivity contribution is 0.267. The molecule has 0 aliphatic heterocycles. The van der Waals surface area contributed by atoms with Crippen molar-refractivity contribution in [1.29, 1.82) is 0 Å². The monoisotopic (exact) mass is 585 g/mol. The van der Waals surface area contributed by atoms with E-state index in [1.807, 2.05) is 50.2 Å². The Morgan fingerprint density at radius 1 is 0.949 bits per heavy atom. The second-order valence-electron chi connectivity index (χ2n) is 9.33. The van der Waals surface area contributed by atoms with Gasteiger partial charge in [-0.05, 0) is 46.7 Å². The molecule has 0 atom stereocenters. The van der Waals surface area contributed by atoms with E-state index in [9.17, 15) is 4.79 Å². The van der Waals surface area contributed by atoms with Crippen LogP contribution in [0.1, 0.15) is 36.7 Å². The van der Waals surface area contributed by atoms with Crippen LogP contribution in [0.4, 0.5) is 0 Å². The number of benzene rings is 4. The topological polar surface area (TPSA) is 74.9 Å². The Balaban J connectivity index is 1.50. The van der Waals surface area contributed by atoms with Gasteiger partial charge in [0.2, 0.25) is 5.75 Å². The maximum absolute atomic E-state index is 13.4. The molecule has 0 saturated heterocycles. The third kappa shape index (κ3) is 5.38. The normalized spacial score (nSPS) is 11.5. The molecular weight excluding hydrogens is 558 g/mol. The molecule has 0 radical (unpaired) electrons. The average Bonchev–Trinajstić information content (AvgIpc) is 2.95. The fourth-order valence-electron chi connectivity index (χ4n) is 4.46. The summed E-state index contributed by atoms with van der Waals surface area (Å²) in [5.74, 6) is 2.03. The van der Waals surface area contributed by atoms with Gasteiger partial charge in [0.25, 0.3) is 5.56 Å². The van der Waals surface area contributed by atoms with Crippen LogP contribution in [-0.2, 0) is 6.61 Å². The quantitative estimate of drug-likeness (QED) is 0.185. The van der Waals surface area contributed by atoms with Crippen molar-refractivity contribution >= 4 is 43.8 Å². The van der Waals surface area contributed by atoms with Gasteiger partial charge in [-0.2, -0.15) is 9.78 Å². The first-order valence-corrected chi connectivity index (χ1v) is 13.3. The number of ether oxygens (including phenoxy) is 3. The largest absolute Gasteiger partial charge is 0.493 e. The first kappa shape index (κ1) is 26.4. The average molecular weight is 586 g/mol. The molecule has 5 rings (SSSR count). The fourth-order valence-corrected chi connectivity index (χ4v) is 4.82. The Bertz CT molecular complexity index is 1730. The molecule has 198 valence electrons. The minimum atomic E-state index is -0.241. The predicted molar refractivity (Wildman–Crippen MR) is 159 cm³/mol. The molecule has 7 nitrogen and oxygen atoms in total.